The van der Waals surface area contributed by atoms with Crippen LogP contribution in [0.25, 0.3) is 0 Å². The van der Waals surface area contributed by atoms with E-state index in [2.05, 4.69) is 14.6 Å². The number of anilines is 2. The van der Waals surface area contributed by atoms with E-state index in [1.165, 1.54) is 18.9 Å². The molecule has 1 aliphatic heterocycles. The second-order valence-electron chi connectivity index (χ2n) is 4.76. The van der Waals surface area contributed by atoms with E-state index in [9.17, 15) is 8.42 Å². The summed E-state index contributed by atoms with van der Waals surface area (Å²) in [4.78, 5) is 6.42. The molecule has 1 saturated heterocycles. The van der Waals surface area contributed by atoms with Gasteiger partial charge in [-0.3, -0.25) is 4.72 Å². The van der Waals surface area contributed by atoms with E-state index in [1.54, 1.807) is 18.3 Å². The number of nitrogens with one attached hydrogen (secondary N) is 1. The maximum atomic E-state index is 12.1. The molecule has 0 radical (unpaired) electrons. The van der Waals surface area contributed by atoms with Gasteiger partial charge in [0, 0.05) is 13.1 Å². The molecule has 0 saturated carbocycles. The van der Waals surface area contributed by atoms with Crippen molar-refractivity contribution in [3.63, 3.8) is 0 Å². The summed E-state index contributed by atoms with van der Waals surface area (Å²) in [5, 5.41) is 0. The number of thiophene rings is 1. The third kappa shape index (κ3) is 3.30. The Morgan fingerprint density at radius 3 is 2.52 bits per heavy atom. The Kier molecular flexibility index (Phi) is 4.05. The molecule has 1 N–H and O–H groups in total. The average molecular weight is 344 g/mol. The van der Waals surface area contributed by atoms with Crippen molar-refractivity contribution in [2.75, 3.05) is 22.7 Å². The van der Waals surface area contributed by atoms with Crippen LogP contribution in [0.5, 0.6) is 0 Å². The molecule has 0 amide bonds. The average Bonchev–Trinajstić information content (AvgIpc) is 3.10. The molecule has 0 aliphatic carbocycles. The summed E-state index contributed by atoms with van der Waals surface area (Å²) in [5.74, 6) is 0.308. The zero-order chi connectivity index (χ0) is 14.9. The minimum atomic E-state index is -3.62. The third-order valence-corrected chi connectivity index (χ3v) is 6.35. The molecule has 21 heavy (non-hydrogen) atoms. The molecule has 3 heterocycles. The molecule has 3 rings (SSSR count). The van der Waals surface area contributed by atoms with Gasteiger partial charge in [0.2, 0.25) is 0 Å². The quantitative estimate of drug-likeness (QED) is 0.926. The monoisotopic (exact) mass is 343 g/mol. The van der Waals surface area contributed by atoms with E-state index < -0.39 is 10.0 Å². The number of pyridine rings is 1. The molecule has 0 atom stereocenters. The predicted molar refractivity (Wildman–Crippen MR) is 85.8 cm³/mol. The fourth-order valence-electron chi connectivity index (χ4n) is 2.24. The highest BCUT2D eigenvalue weighted by atomic mass is 35.5. The van der Waals surface area contributed by atoms with Gasteiger partial charge in [0.05, 0.1) is 16.2 Å². The molecule has 0 unspecified atom stereocenters. The fourth-order valence-corrected chi connectivity index (χ4v) is 4.73. The molecule has 1 fully saturated rings. The highest BCUT2D eigenvalue weighted by molar-refractivity contribution is 7.94. The Hall–Kier alpha value is -1.31. The number of nitrogens with zero attached hydrogens (tertiary/aromatic N) is 2. The van der Waals surface area contributed by atoms with Crippen molar-refractivity contribution < 1.29 is 8.42 Å². The highest BCUT2D eigenvalue weighted by Crippen LogP contribution is 2.27. The van der Waals surface area contributed by atoms with Gasteiger partial charge in [-0.2, -0.15) is 0 Å². The number of hydrogen-bond acceptors (Lipinski definition) is 5. The molecule has 0 aromatic carbocycles. The van der Waals surface area contributed by atoms with Crippen molar-refractivity contribution in [2.45, 2.75) is 17.1 Å². The summed E-state index contributed by atoms with van der Waals surface area (Å²) in [5.41, 5.74) is 1.02. The van der Waals surface area contributed by atoms with E-state index in [1.807, 2.05) is 6.07 Å². The summed E-state index contributed by atoms with van der Waals surface area (Å²) in [6.45, 7) is 2.06. The van der Waals surface area contributed by atoms with Crippen LogP contribution in [0, 0.1) is 0 Å². The van der Waals surface area contributed by atoms with Crippen LogP contribution in [0.1, 0.15) is 12.8 Å². The van der Waals surface area contributed by atoms with Gasteiger partial charge in [0.1, 0.15) is 10.0 Å². The fraction of sp³-hybridized carbons (Fsp3) is 0.308. The van der Waals surface area contributed by atoms with Crippen LogP contribution < -0.4 is 9.62 Å². The number of aromatic nitrogens is 1. The van der Waals surface area contributed by atoms with Gasteiger partial charge < -0.3 is 4.90 Å². The first-order chi connectivity index (χ1) is 10.0. The summed E-state index contributed by atoms with van der Waals surface area (Å²) in [6, 6.07) is 6.61. The molecular weight excluding hydrogens is 330 g/mol. The topological polar surface area (TPSA) is 62.3 Å². The molecule has 2 aromatic rings. The van der Waals surface area contributed by atoms with Gasteiger partial charge in [-0.1, -0.05) is 11.6 Å². The molecule has 0 bridgehead atoms. The first-order valence-electron chi connectivity index (χ1n) is 6.54. The molecule has 2 aromatic heterocycles. The molecule has 8 heteroatoms. The van der Waals surface area contributed by atoms with Gasteiger partial charge in [-0.15, -0.1) is 11.3 Å². The lowest BCUT2D eigenvalue weighted by atomic mass is 10.4. The van der Waals surface area contributed by atoms with Crippen LogP contribution in [0.15, 0.2) is 34.7 Å². The van der Waals surface area contributed by atoms with Gasteiger partial charge in [0.15, 0.2) is 0 Å². The van der Waals surface area contributed by atoms with E-state index in [0.29, 0.717) is 10.2 Å². The lowest BCUT2D eigenvalue weighted by Gasteiger charge is -2.17. The molecular formula is C13H14ClN3O2S2. The second kappa shape index (κ2) is 5.82. The summed E-state index contributed by atoms with van der Waals surface area (Å²) in [7, 11) is -3.62. The van der Waals surface area contributed by atoms with Gasteiger partial charge >= 0.3 is 0 Å². The molecule has 0 spiro atoms. The first-order valence-corrected chi connectivity index (χ1v) is 9.21. The standard InChI is InChI=1S/C13H14ClN3O2S2/c14-11-4-6-13(20-11)21(18,19)16-12-5-3-10(9-15-12)17-7-1-2-8-17/h3-6,9H,1-2,7-8H2,(H,15,16). The number of halogens is 1. The largest absolute Gasteiger partial charge is 0.370 e. The maximum Gasteiger partial charge on any atom is 0.272 e. The zero-order valence-corrected chi connectivity index (χ0v) is 13.5. The van der Waals surface area contributed by atoms with Gasteiger partial charge in [-0.25, -0.2) is 13.4 Å². The van der Waals surface area contributed by atoms with Crippen molar-refractivity contribution in [2.24, 2.45) is 0 Å². The van der Waals surface area contributed by atoms with Crippen LogP contribution in [-0.4, -0.2) is 26.5 Å². The highest BCUT2D eigenvalue weighted by Gasteiger charge is 2.18. The number of hydrogen-bond donors (Lipinski definition) is 1. The van der Waals surface area contributed by atoms with Crippen molar-refractivity contribution in [1.82, 2.24) is 4.98 Å². The Morgan fingerprint density at radius 1 is 1.19 bits per heavy atom. The summed E-state index contributed by atoms with van der Waals surface area (Å²) < 4.78 is 27.4. The third-order valence-electron chi connectivity index (χ3n) is 3.27. The van der Waals surface area contributed by atoms with E-state index in [4.69, 9.17) is 11.6 Å². The normalized spacial score (nSPS) is 15.4. The van der Waals surface area contributed by atoms with Crippen molar-refractivity contribution in [3.05, 3.63) is 34.8 Å². The van der Waals surface area contributed by atoms with Crippen LogP contribution >= 0.6 is 22.9 Å². The minimum absolute atomic E-state index is 0.179. The Morgan fingerprint density at radius 2 is 1.95 bits per heavy atom. The van der Waals surface area contributed by atoms with Crippen molar-refractivity contribution >= 4 is 44.5 Å². The maximum absolute atomic E-state index is 12.1. The minimum Gasteiger partial charge on any atom is -0.370 e. The van der Waals surface area contributed by atoms with Gasteiger partial charge in [0.25, 0.3) is 10.0 Å². The lowest BCUT2D eigenvalue weighted by Crippen LogP contribution is -2.18. The van der Waals surface area contributed by atoms with Crippen LogP contribution in [0.3, 0.4) is 0 Å². The van der Waals surface area contributed by atoms with Gasteiger partial charge in [-0.05, 0) is 37.1 Å². The van der Waals surface area contributed by atoms with E-state index >= 15 is 0 Å². The zero-order valence-electron chi connectivity index (χ0n) is 11.1. The molecule has 1 aliphatic rings. The van der Waals surface area contributed by atoms with Crippen LogP contribution in [-0.2, 0) is 10.0 Å². The van der Waals surface area contributed by atoms with Crippen molar-refractivity contribution in [1.29, 1.82) is 0 Å². The van der Waals surface area contributed by atoms with Crippen LogP contribution in [0.4, 0.5) is 11.5 Å². The van der Waals surface area contributed by atoms with E-state index in [0.717, 1.165) is 30.1 Å². The second-order valence-corrected chi connectivity index (χ2v) is 8.38. The summed E-state index contributed by atoms with van der Waals surface area (Å²) in [6.07, 6.45) is 4.08. The Labute approximate surface area is 132 Å². The lowest BCUT2D eigenvalue weighted by molar-refractivity contribution is 0.603. The SMILES string of the molecule is O=S(=O)(Nc1ccc(N2CCCC2)cn1)c1ccc(Cl)s1. The van der Waals surface area contributed by atoms with Crippen molar-refractivity contribution in [3.8, 4) is 0 Å². The van der Waals surface area contributed by atoms with E-state index in [-0.39, 0.29) is 4.21 Å². The Balaban J connectivity index is 1.75. The smallest absolute Gasteiger partial charge is 0.272 e. The summed E-state index contributed by atoms with van der Waals surface area (Å²) >= 11 is 6.78. The molecule has 112 valence electrons. The predicted octanol–water partition coefficient (Wildman–Crippen LogP) is 3.20. The Bertz CT molecular complexity index is 722. The number of rotatable bonds is 4. The molecule has 5 nitrogen and oxygen atoms in total. The first kappa shape index (κ1) is 14.6. The number of sulfonamides is 1. The van der Waals surface area contributed by atoms with Crippen LogP contribution in [0.2, 0.25) is 4.34 Å².